The third-order valence-corrected chi connectivity index (χ3v) is 3.35. The predicted octanol–water partition coefficient (Wildman–Crippen LogP) is 2.24. The van der Waals surface area contributed by atoms with Crippen molar-refractivity contribution in [3.05, 3.63) is 52.7 Å². The van der Waals surface area contributed by atoms with Gasteiger partial charge in [-0.05, 0) is 36.8 Å². The Morgan fingerprint density at radius 2 is 2.14 bits per heavy atom. The van der Waals surface area contributed by atoms with Gasteiger partial charge in [0.05, 0.1) is 7.11 Å². The van der Waals surface area contributed by atoms with Crippen LogP contribution in [0.2, 0.25) is 5.02 Å². The maximum absolute atomic E-state index is 11.3. The number of anilines is 1. The van der Waals surface area contributed by atoms with E-state index in [1.807, 2.05) is 0 Å². The second-order valence-electron chi connectivity index (χ2n) is 4.93. The van der Waals surface area contributed by atoms with Crippen LogP contribution < -0.4 is 5.32 Å². The summed E-state index contributed by atoms with van der Waals surface area (Å²) in [4.78, 5) is 11.3. The number of aliphatic hydroxyl groups is 1. The van der Waals surface area contributed by atoms with E-state index < -0.39 is 11.6 Å². The highest BCUT2D eigenvalue weighted by molar-refractivity contribution is 6.30. The van der Waals surface area contributed by atoms with E-state index in [9.17, 15) is 9.90 Å². The molecule has 2 rings (SSSR count). The summed E-state index contributed by atoms with van der Waals surface area (Å²) < 4.78 is 4.55. The van der Waals surface area contributed by atoms with E-state index in [-0.39, 0.29) is 12.2 Å². The normalized spacial score (nSPS) is 13.3. The molecule has 0 saturated heterocycles. The molecular weight excluding hydrogens is 306 g/mol. The summed E-state index contributed by atoms with van der Waals surface area (Å²) in [6.45, 7) is 1.88. The number of nitrogens with zero attached hydrogens (tertiary/aromatic N) is 2. The molecule has 0 radical (unpaired) electrons. The van der Waals surface area contributed by atoms with E-state index in [1.54, 1.807) is 37.3 Å². The van der Waals surface area contributed by atoms with Crippen LogP contribution in [-0.4, -0.2) is 34.9 Å². The largest absolute Gasteiger partial charge is 0.464 e. The predicted molar refractivity (Wildman–Crippen MR) is 82.9 cm³/mol. The minimum Gasteiger partial charge on any atom is -0.464 e. The molecule has 0 bridgehead atoms. The lowest BCUT2D eigenvalue weighted by Gasteiger charge is -2.24. The molecule has 1 atom stereocenters. The van der Waals surface area contributed by atoms with Gasteiger partial charge < -0.3 is 15.2 Å². The van der Waals surface area contributed by atoms with Crippen molar-refractivity contribution in [2.75, 3.05) is 19.0 Å². The molecule has 0 amide bonds. The SMILES string of the molecule is COC(=O)c1ccc(NCC(C)(O)c2cccc(Cl)c2)nn1. The van der Waals surface area contributed by atoms with Gasteiger partial charge in [-0.15, -0.1) is 10.2 Å². The summed E-state index contributed by atoms with van der Waals surface area (Å²) in [5.74, 6) is -0.111. The minimum absolute atomic E-state index is 0.120. The van der Waals surface area contributed by atoms with Crippen LogP contribution >= 0.6 is 11.6 Å². The van der Waals surface area contributed by atoms with Crippen LogP contribution in [-0.2, 0) is 10.3 Å². The van der Waals surface area contributed by atoms with Crippen molar-refractivity contribution in [1.82, 2.24) is 10.2 Å². The van der Waals surface area contributed by atoms with E-state index in [0.29, 0.717) is 16.4 Å². The lowest BCUT2D eigenvalue weighted by Crippen LogP contribution is -2.31. The molecule has 1 heterocycles. The molecule has 0 aliphatic heterocycles. The highest BCUT2D eigenvalue weighted by Crippen LogP contribution is 2.23. The number of hydrogen-bond acceptors (Lipinski definition) is 6. The first-order valence-corrected chi connectivity index (χ1v) is 6.94. The molecule has 0 spiro atoms. The van der Waals surface area contributed by atoms with Crippen LogP contribution in [0.3, 0.4) is 0 Å². The monoisotopic (exact) mass is 321 g/mol. The first kappa shape index (κ1) is 16.2. The number of benzene rings is 1. The van der Waals surface area contributed by atoms with Crippen molar-refractivity contribution in [2.45, 2.75) is 12.5 Å². The van der Waals surface area contributed by atoms with Crippen molar-refractivity contribution in [2.24, 2.45) is 0 Å². The average molecular weight is 322 g/mol. The zero-order valence-electron chi connectivity index (χ0n) is 12.2. The summed E-state index contributed by atoms with van der Waals surface area (Å²) in [7, 11) is 1.28. The molecule has 1 aromatic carbocycles. The van der Waals surface area contributed by atoms with Gasteiger partial charge in [-0.3, -0.25) is 0 Å². The number of carbonyl (C=O) groups is 1. The standard InChI is InChI=1S/C15H16ClN3O3/c1-15(21,10-4-3-5-11(16)8-10)9-17-13-7-6-12(18-19-13)14(20)22-2/h3-8,21H,9H2,1-2H3,(H,17,19). The molecule has 0 aliphatic carbocycles. The van der Waals surface area contributed by atoms with Crippen LogP contribution in [0.4, 0.5) is 5.82 Å². The Morgan fingerprint density at radius 1 is 1.36 bits per heavy atom. The number of nitrogens with one attached hydrogen (secondary N) is 1. The summed E-state index contributed by atoms with van der Waals surface area (Å²) in [6, 6.07) is 10.1. The van der Waals surface area contributed by atoms with Gasteiger partial charge in [0.2, 0.25) is 0 Å². The van der Waals surface area contributed by atoms with E-state index in [0.717, 1.165) is 0 Å². The van der Waals surface area contributed by atoms with Crippen LogP contribution in [0, 0.1) is 0 Å². The second kappa shape index (κ2) is 6.72. The van der Waals surface area contributed by atoms with Crippen molar-refractivity contribution < 1.29 is 14.6 Å². The summed E-state index contributed by atoms with van der Waals surface area (Å²) in [5.41, 5.74) is -0.325. The van der Waals surface area contributed by atoms with Crippen molar-refractivity contribution in [3.8, 4) is 0 Å². The van der Waals surface area contributed by atoms with Crippen LogP contribution in [0.1, 0.15) is 23.0 Å². The van der Waals surface area contributed by atoms with Gasteiger partial charge in [-0.2, -0.15) is 0 Å². The van der Waals surface area contributed by atoms with E-state index in [1.165, 1.54) is 13.2 Å². The Morgan fingerprint density at radius 3 is 2.73 bits per heavy atom. The Labute approximate surface area is 133 Å². The first-order chi connectivity index (χ1) is 10.4. The molecule has 0 fully saturated rings. The van der Waals surface area contributed by atoms with Crippen molar-refractivity contribution >= 4 is 23.4 Å². The van der Waals surface area contributed by atoms with Crippen LogP contribution in [0.25, 0.3) is 0 Å². The summed E-state index contributed by atoms with van der Waals surface area (Å²) in [5, 5.41) is 21.6. The Kier molecular flexibility index (Phi) is 4.95. The summed E-state index contributed by atoms with van der Waals surface area (Å²) in [6.07, 6.45) is 0. The lowest BCUT2D eigenvalue weighted by molar-refractivity contribution is 0.0592. The van der Waals surface area contributed by atoms with E-state index in [2.05, 4.69) is 20.3 Å². The van der Waals surface area contributed by atoms with Crippen LogP contribution in [0.15, 0.2) is 36.4 Å². The summed E-state index contributed by atoms with van der Waals surface area (Å²) >= 11 is 5.93. The molecule has 22 heavy (non-hydrogen) atoms. The second-order valence-corrected chi connectivity index (χ2v) is 5.37. The highest BCUT2D eigenvalue weighted by atomic mass is 35.5. The number of rotatable bonds is 5. The third-order valence-electron chi connectivity index (χ3n) is 3.12. The Balaban J connectivity index is 2.04. The van der Waals surface area contributed by atoms with E-state index in [4.69, 9.17) is 11.6 Å². The van der Waals surface area contributed by atoms with Gasteiger partial charge in [0.25, 0.3) is 0 Å². The van der Waals surface area contributed by atoms with Crippen molar-refractivity contribution in [3.63, 3.8) is 0 Å². The number of esters is 1. The zero-order valence-corrected chi connectivity index (χ0v) is 13.0. The van der Waals surface area contributed by atoms with Gasteiger partial charge >= 0.3 is 5.97 Å². The Hall–Kier alpha value is -2.18. The van der Waals surface area contributed by atoms with Gasteiger partial charge in [-0.25, -0.2) is 4.79 Å². The molecule has 1 aromatic heterocycles. The molecule has 116 valence electrons. The fourth-order valence-electron chi connectivity index (χ4n) is 1.83. The van der Waals surface area contributed by atoms with E-state index >= 15 is 0 Å². The third kappa shape index (κ3) is 3.93. The van der Waals surface area contributed by atoms with Gasteiger partial charge in [0.15, 0.2) is 5.69 Å². The van der Waals surface area contributed by atoms with Gasteiger partial charge in [-0.1, -0.05) is 23.7 Å². The quantitative estimate of drug-likeness (QED) is 0.822. The number of halogens is 1. The lowest BCUT2D eigenvalue weighted by atomic mass is 9.96. The molecule has 0 saturated carbocycles. The van der Waals surface area contributed by atoms with Crippen LogP contribution in [0.5, 0.6) is 0 Å². The zero-order chi connectivity index (χ0) is 16.2. The molecule has 7 heteroatoms. The molecule has 2 N–H and O–H groups in total. The number of ether oxygens (including phenoxy) is 1. The highest BCUT2D eigenvalue weighted by Gasteiger charge is 2.23. The van der Waals surface area contributed by atoms with Gasteiger partial charge in [0.1, 0.15) is 11.4 Å². The topological polar surface area (TPSA) is 84.3 Å². The smallest absolute Gasteiger partial charge is 0.358 e. The fraction of sp³-hybridized carbons (Fsp3) is 0.267. The fourth-order valence-corrected chi connectivity index (χ4v) is 2.02. The number of carbonyl (C=O) groups excluding carboxylic acids is 1. The average Bonchev–Trinajstić information content (AvgIpc) is 2.53. The number of hydrogen-bond donors (Lipinski definition) is 2. The first-order valence-electron chi connectivity index (χ1n) is 6.57. The maximum atomic E-state index is 11.3. The molecule has 1 unspecified atom stereocenters. The minimum atomic E-state index is -1.13. The van der Waals surface area contributed by atoms with Gasteiger partial charge in [0, 0.05) is 11.6 Å². The Bertz CT molecular complexity index is 659. The molecule has 6 nitrogen and oxygen atoms in total. The maximum Gasteiger partial charge on any atom is 0.358 e. The molecule has 0 aliphatic rings. The molecule has 2 aromatic rings. The van der Waals surface area contributed by atoms with Crippen molar-refractivity contribution in [1.29, 1.82) is 0 Å². The molecular formula is C15H16ClN3O3. The number of aromatic nitrogens is 2. The number of methoxy groups -OCH3 is 1.